The van der Waals surface area contributed by atoms with E-state index in [2.05, 4.69) is 5.32 Å². The fraction of sp³-hybridized carbons (Fsp3) is 0.818. The lowest BCUT2D eigenvalue weighted by Gasteiger charge is -2.28. The van der Waals surface area contributed by atoms with Crippen LogP contribution < -0.4 is 5.32 Å². The predicted octanol–water partition coefficient (Wildman–Crippen LogP) is 1.79. The summed E-state index contributed by atoms with van der Waals surface area (Å²) in [6.07, 6.45) is -0.358. The highest BCUT2D eigenvalue weighted by Gasteiger charge is 2.37. The van der Waals surface area contributed by atoms with Gasteiger partial charge >= 0.3 is 5.97 Å². The molecular formula is C11H17F2NO3. The normalized spacial score (nSPS) is 21.8. The van der Waals surface area contributed by atoms with Crippen LogP contribution in [0.4, 0.5) is 8.78 Å². The largest absolute Gasteiger partial charge is 0.481 e. The Morgan fingerprint density at radius 3 is 2.41 bits per heavy atom. The second-order valence-electron chi connectivity index (χ2n) is 4.64. The van der Waals surface area contributed by atoms with Gasteiger partial charge in [-0.2, -0.15) is 0 Å². The highest BCUT2D eigenvalue weighted by atomic mass is 19.3. The molecular weight excluding hydrogens is 232 g/mol. The fourth-order valence-electron chi connectivity index (χ4n) is 1.98. The molecule has 0 radical (unpaired) electrons. The smallest absolute Gasteiger partial charge is 0.305 e. The molecule has 1 atom stereocenters. The summed E-state index contributed by atoms with van der Waals surface area (Å²) in [6, 6.07) is -0.470. The van der Waals surface area contributed by atoms with Gasteiger partial charge in [0.15, 0.2) is 0 Å². The Kier molecular flexibility index (Phi) is 4.42. The van der Waals surface area contributed by atoms with E-state index in [1.807, 2.05) is 0 Å². The summed E-state index contributed by atoms with van der Waals surface area (Å²) in [5.41, 5.74) is 0. The van der Waals surface area contributed by atoms with Crippen molar-refractivity contribution in [1.82, 2.24) is 5.32 Å². The van der Waals surface area contributed by atoms with Crippen LogP contribution in [0.5, 0.6) is 0 Å². The van der Waals surface area contributed by atoms with Crippen LogP contribution in [0.25, 0.3) is 0 Å². The van der Waals surface area contributed by atoms with Crippen LogP contribution in [0.15, 0.2) is 0 Å². The van der Waals surface area contributed by atoms with Gasteiger partial charge in [0.2, 0.25) is 11.8 Å². The molecule has 2 N–H and O–H groups in total. The van der Waals surface area contributed by atoms with Gasteiger partial charge in [-0.25, -0.2) is 8.78 Å². The van der Waals surface area contributed by atoms with Gasteiger partial charge in [-0.1, -0.05) is 0 Å². The van der Waals surface area contributed by atoms with Crippen molar-refractivity contribution in [3.05, 3.63) is 0 Å². The molecule has 17 heavy (non-hydrogen) atoms. The first-order chi connectivity index (χ1) is 7.80. The first-order valence-corrected chi connectivity index (χ1v) is 5.70. The summed E-state index contributed by atoms with van der Waals surface area (Å²) >= 11 is 0. The topological polar surface area (TPSA) is 66.4 Å². The van der Waals surface area contributed by atoms with Crippen molar-refractivity contribution >= 4 is 11.9 Å². The number of alkyl halides is 2. The molecule has 1 aliphatic rings. The zero-order valence-corrected chi connectivity index (χ0v) is 9.71. The average molecular weight is 249 g/mol. The maximum Gasteiger partial charge on any atom is 0.305 e. The van der Waals surface area contributed by atoms with Gasteiger partial charge in [0.05, 0.1) is 6.42 Å². The second kappa shape index (κ2) is 5.42. The number of halogens is 2. The number of rotatable bonds is 4. The van der Waals surface area contributed by atoms with Gasteiger partial charge in [-0.05, 0) is 19.8 Å². The molecule has 1 rings (SSSR count). The van der Waals surface area contributed by atoms with Crippen molar-refractivity contribution < 1.29 is 23.5 Å². The Hall–Kier alpha value is -1.20. The van der Waals surface area contributed by atoms with Crippen molar-refractivity contribution in [1.29, 1.82) is 0 Å². The van der Waals surface area contributed by atoms with Crippen LogP contribution in [-0.2, 0) is 9.59 Å². The molecule has 4 nitrogen and oxygen atoms in total. The molecule has 1 unspecified atom stereocenters. The molecule has 0 bridgehead atoms. The van der Waals surface area contributed by atoms with Gasteiger partial charge in [0.25, 0.3) is 0 Å². The Morgan fingerprint density at radius 1 is 1.41 bits per heavy atom. The van der Waals surface area contributed by atoms with Crippen LogP contribution in [0, 0.1) is 5.92 Å². The third-order valence-electron chi connectivity index (χ3n) is 2.96. The maximum atomic E-state index is 12.9. The second-order valence-corrected chi connectivity index (χ2v) is 4.64. The molecule has 1 fully saturated rings. The zero-order valence-electron chi connectivity index (χ0n) is 9.71. The van der Waals surface area contributed by atoms with E-state index in [9.17, 15) is 18.4 Å². The predicted molar refractivity (Wildman–Crippen MR) is 56.8 cm³/mol. The van der Waals surface area contributed by atoms with Crippen molar-refractivity contribution in [2.24, 2.45) is 5.92 Å². The summed E-state index contributed by atoms with van der Waals surface area (Å²) in [5, 5.41) is 11.1. The molecule has 0 aliphatic heterocycles. The van der Waals surface area contributed by atoms with Crippen LogP contribution in [0.2, 0.25) is 0 Å². The minimum Gasteiger partial charge on any atom is -0.481 e. The van der Waals surface area contributed by atoms with E-state index in [0.717, 1.165) is 0 Å². The Bertz CT molecular complexity index is 297. The van der Waals surface area contributed by atoms with Gasteiger partial charge < -0.3 is 10.4 Å². The molecule has 6 heteroatoms. The third-order valence-corrected chi connectivity index (χ3v) is 2.96. The SMILES string of the molecule is CC(CC(=O)O)NC(=O)C1CCC(F)(F)CC1. The summed E-state index contributed by atoms with van der Waals surface area (Å²) < 4.78 is 25.7. The molecule has 0 aromatic rings. The molecule has 1 saturated carbocycles. The Morgan fingerprint density at radius 2 is 1.94 bits per heavy atom. The number of nitrogens with one attached hydrogen (secondary N) is 1. The van der Waals surface area contributed by atoms with E-state index >= 15 is 0 Å². The van der Waals surface area contributed by atoms with Crippen molar-refractivity contribution in [3.8, 4) is 0 Å². The zero-order chi connectivity index (χ0) is 13.1. The van der Waals surface area contributed by atoms with E-state index in [1.54, 1.807) is 6.92 Å². The number of aliphatic carboxylic acids is 1. The van der Waals surface area contributed by atoms with Crippen molar-refractivity contribution in [2.45, 2.75) is 51.0 Å². The summed E-state index contributed by atoms with van der Waals surface area (Å²) in [4.78, 5) is 22.1. The van der Waals surface area contributed by atoms with Gasteiger partial charge in [-0.3, -0.25) is 9.59 Å². The van der Waals surface area contributed by atoms with E-state index in [-0.39, 0.29) is 38.0 Å². The first-order valence-electron chi connectivity index (χ1n) is 5.70. The number of amides is 1. The lowest BCUT2D eigenvalue weighted by molar-refractivity contribution is -0.137. The molecule has 0 aromatic heterocycles. The summed E-state index contributed by atoms with van der Waals surface area (Å²) in [7, 11) is 0. The number of carboxylic acid groups (broad SMARTS) is 1. The van der Waals surface area contributed by atoms with Gasteiger partial charge in [0.1, 0.15) is 0 Å². The van der Waals surface area contributed by atoms with Crippen LogP contribution in [0.1, 0.15) is 39.0 Å². The molecule has 0 heterocycles. The van der Waals surface area contributed by atoms with Crippen molar-refractivity contribution in [2.75, 3.05) is 0 Å². The lowest BCUT2D eigenvalue weighted by atomic mass is 9.86. The molecule has 0 spiro atoms. The number of carboxylic acids is 1. The van der Waals surface area contributed by atoms with Crippen LogP contribution >= 0.6 is 0 Å². The maximum absolute atomic E-state index is 12.9. The molecule has 98 valence electrons. The van der Waals surface area contributed by atoms with E-state index in [0.29, 0.717) is 0 Å². The molecule has 1 aliphatic carbocycles. The van der Waals surface area contributed by atoms with E-state index in [1.165, 1.54) is 0 Å². The average Bonchev–Trinajstić information content (AvgIpc) is 2.15. The van der Waals surface area contributed by atoms with E-state index < -0.39 is 23.9 Å². The third kappa shape index (κ3) is 4.66. The standard InChI is InChI=1S/C11H17F2NO3/c1-7(6-9(15)16)14-10(17)8-2-4-11(12,13)5-3-8/h7-8H,2-6H2,1H3,(H,14,17)(H,15,16). The Balaban J connectivity index is 2.36. The minimum absolute atomic E-state index is 0.158. The number of hydrogen-bond donors (Lipinski definition) is 2. The molecule has 1 amide bonds. The fourth-order valence-corrected chi connectivity index (χ4v) is 1.98. The highest BCUT2D eigenvalue weighted by Crippen LogP contribution is 2.36. The van der Waals surface area contributed by atoms with Crippen LogP contribution in [-0.4, -0.2) is 28.9 Å². The quantitative estimate of drug-likeness (QED) is 0.798. The highest BCUT2D eigenvalue weighted by molar-refractivity contribution is 5.79. The van der Waals surface area contributed by atoms with E-state index in [4.69, 9.17) is 5.11 Å². The lowest BCUT2D eigenvalue weighted by Crippen LogP contribution is -2.40. The van der Waals surface area contributed by atoms with Crippen LogP contribution in [0.3, 0.4) is 0 Å². The minimum atomic E-state index is -2.65. The first kappa shape index (κ1) is 13.9. The van der Waals surface area contributed by atoms with Crippen molar-refractivity contribution in [3.63, 3.8) is 0 Å². The monoisotopic (exact) mass is 249 g/mol. The molecule has 0 saturated heterocycles. The number of carbonyl (C=O) groups is 2. The summed E-state index contributed by atoms with van der Waals surface area (Å²) in [6.45, 7) is 1.59. The summed E-state index contributed by atoms with van der Waals surface area (Å²) in [5.74, 6) is -4.36. The van der Waals surface area contributed by atoms with Gasteiger partial charge in [-0.15, -0.1) is 0 Å². The Labute approximate surface area is 98.4 Å². The number of hydrogen-bond acceptors (Lipinski definition) is 2. The van der Waals surface area contributed by atoms with Gasteiger partial charge in [0, 0.05) is 24.8 Å². The number of carbonyl (C=O) groups excluding carboxylic acids is 1. The molecule has 0 aromatic carbocycles.